The van der Waals surface area contributed by atoms with Gasteiger partial charge in [-0.25, -0.2) is 9.59 Å². The zero-order chi connectivity index (χ0) is 17.8. The Morgan fingerprint density at radius 1 is 1.08 bits per heavy atom. The normalized spacial score (nSPS) is 10.8. The lowest BCUT2D eigenvalue weighted by Crippen LogP contribution is -2.16. The summed E-state index contributed by atoms with van der Waals surface area (Å²) in [5.41, 5.74) is 1.71. The van der Waals surface area contributed by atoms with Crippen LogP contribution in [0.15, 0.2) is 57.7 Å². The molecule has 25 heavy (non-hydrogen) atoms. The molecule has 0 aliphatic rings. The van der Waals surface area contributed by atoms with Gasteiger partial charge in [0.05, 0.1) is 16.5 Å². The number of aryl methyl sites for hydroxylation is 1. The summed E-state index contributed by atoms with van der Waals surface area (Å²) in [6.45, 7) is 3.90. The lowest BCUT2D eigenvalue weighted by Gasteiger charge is -2.12. The van der Waals surface area contributed by atoms with E-state index in [2.05, 4.69) is 0 Å². The van der Waals surface area contributed by atoms with Crippen molar-refractivity contribution in [3.63, 3.8) is 0 Å². The summed E-state index contributed by atoms with van der Waals surface area (Å²) < 4.78 is 11.1. The molecule has 1 aromatic heterocycles. The molecule has 3 rings (SSSR count). The molecule has 0 aliphatic carbocycles. The number of ether oxygens (including phenoxy) is 1. The lowest BCUT2D eigenvalue weighted by molar-refractivity contribution is 0.0734. The summed E-state index contributed by atoms with van der Waals surface area (Å²) in [6.07, 6.45) is 2.26. The lowest BCUT2D eigenvalue weighted by atomic mass is 10.1. The standard InChI is InChI=1S/C21H20O4/c1-3-4-10-17-19(16-12-7-8-13-18(16)24-21(17)23)25-20(22)15-11-6-5-9-14(15)2/h5-9,11-13H,3-4,10H2,1-2H3. The zero-order valence-electron chi connectivity index (χ0n) is 14.4. The highest BCUT2D eigenvalue weighted by atomic mass is 16.5. The largest absolute Gasteiger partial charge is 0.422 e. The van der Waals surface area contributed by atoms with E-state index in [0.717, 1.165) is 18.4 Å². The molecule has 0 spiro atoms. The first-order chi connectivity index (χ1) is 12.1. The summed E-state index contributed by atoms with van der Waals surface area (Å²) in [6, 6.07) is 14.3. The van der Waals surface area contributed by atoms with E-state index in [1.54, 1.807) is 30.3 Å². The van der Waals surface area contributed by atoms with Crippen molar-refractivity contribution < 1.29 is 13.9 Å². The van der Waals surface area contributed by atoms with Crippen LogP contribution < -0.4 is 10.4 Å². The average Bonchev–Trinajstić information content (AvgIpc) is 2.61. The van der Waals surface area contributed by atoms with Crippen LogP contribution in [0.3, 0.4) is 0 Å². The fourth-order valence-corrected chi connectivity index (χ4v) is 2.80. The molecule has 1 heterocycles. The molecule has 0 aliphatic heterocycles. The minimum atomic E-state index is -0.466. The Morgan fingerprint density at radius 2 is 1.80 bits per heavy atom. The van der Waals surface area contributed by atoms with Crippen LogP contribution in [-0.2, 0) is 6.42 Å². The van der Waals surface area contributed by atoms with E-state index in [9.17, 15) is 9.59 Å². The molecule has 2 aromatic carbocycles. The Morgan fingerprint density at radius 3 is 2.56 bits per heavy atom. The molecule has 0 amide bonds. The second-order valence-corrected chi connectivity index (χ2v) is 6.00. The van der Waals surface area contributed by atoms with Crippen LogP contribution >= 0.6 is 0 Å². The highest BCUT2D eigenvalue weighted by molar-refractivity contribution is 5.95. The number of hydrogen-bond donors (Lipinski definition) is 0. The molecule has 0 saturated carbocycles. The van der Waals surface area contributed by atoms with Crippen molar-refractivity contribution in [3.05, 3.63) is 75.6 Å². The number of unbranched alkanes of at least 4 members (excludes halogenated alkanes) is 1. The second kappa shape index (κ2) is 7.34. The van der Waals surface area contributed by atoms with Crippen molar-refractivity contribution in [3.8, 4) is 5.75 Å². The monoisotopic (exact) mass is 336 g/mol. The molecule has 4 nitrogen and oxygen atoms in total. The fourth-order valence-electron chi connectivity index (χ4n) is 2.80. The molecule has 0 bridgehead atoms. The highest BCUT2D eigenvalue weighted by Gasteiger charge is 2.20. The smallest absolute Gasteiger partial charge is 0.343 e. The van der Waals surface area contributed by atoms with E-state index in [-0.39, 0.29) is 0 Å². The Labute approximate surface area is 146 Å². The number of carbonyl (C=O) groups excluding carboxylic acids is 1. The Balaban J connectivity index is 2.11. The first-order valence-electron chi connectivity index (χ1n) is 8.44. The predicted octanol–water partition coefficient (Wildman–Crippen LogP) is 4.66. The van der Waals surface area contributed by atoms with Crippen molar-refractivity contribution in [2.45, 2.75) is 33.1 Å². The van der Waals surface area contributed by atoms with E-state index < -0.39 is 11.6 Å². The predicted molar refractivity (Wildman–Crippen MR) is 97.2 cm³/mol. The van der Waals surface area contributed by atoms with Gasteiger partial charge in [-0.3, -0.25) is 0 Å². The quantitative estimate of drug-likeness (QED) is 0.502. The molecule has 128 valence electrons. The minimum absolute atomic E-state index is 0.313. The molecule has 0 N–H and O–H groups in total. The van der Waals surface area contributed by atoms with Gasteiger partial charge in [0.25, 0.3) is 0 Å². The summed E-state index contributed by atoms with van der Waals surface area (Å²) in [5, 5.41) is 0.634. The Kier molecular flexibility index (Phi) is 4.98. The van der Waals surface area contributed by atoms with Crippen molar-refractivity contribution in [2.24, 2.45) is 0 Å². The van der Waals surface area contributed by atoms with Gasteiger partial charge in [0.1, 0.15) is 5.58 Å². The fraction of sp³-hybridized carbons (Fsp3) is 0.238. The Hall–Kier alpha value is -2.88. The number of fused-ring (bicyclic) bond motifs is 1. The van der Waals surface area contributed by atoms with E-state index >= 15 is 0 Å². The molecule has 0 fully saturated rings. The highest BCUT2D eigenvalue weighted by Crippen LogP contribution is 2.29. The molecular formula is C21H20O4. The van der Waals surface area contributed by atoms with Crippen LogP contribution in [0.2, 0.25) is 0 Å². The van der Waals surface area contributed by atoms with Gasteiger partial charge < -0.3 is 9.15 Å². The number of hydrogen-bond acceptors (Lipinski definition) is 4. The molecule has 0 atom stereocenters. The van der Waals surface area contributed by atoms with E-state index in [1.165, 1.54) is 0 Å². The average molecular weight is 336 g/mol. The third-order valence-corrected chi connectivity index (χ3v) is 4.19. The van der Waals surface area contributed by atoms with Crippen molar-refractivity contribution in [1.29, 1.82) is 0 Å². The summed E-state index contributed by atoms with van der Waals surface area (Å²) in [7, 11) is 0. The number of esters is 1. The van der Waals surface area contributed by atoms with Crippen molar-refractivity contribution in [1.82, 2.24) is 0 Å². The topological polar surface area (TPSA) is 56.5 Å². The minimum Gasteiger partial charge on any atom is -0.422 e. The van der Waals surface area contributed by atoms with Gasteiger partial charge in [-0.15, -0.1) is 0 Å². The number of para-hydroxylation sites is 1. The van der Waals surface area contributed by atoms with E-state index in [0.29, 0.717) is 34.3 Å². The number of benzene rings is 2. The zero-order valence-corrected chi connectivity index (χ0v) is 14.4. The van der Waals surface area contributed by atoms with Crippen molar-refractivity contribution >= 4 is 16.9 Å². The van der Waals surface area contributed by atoms with Crippen LogP contribution in [-0.4, -0.2) is 5.97 Å². The first kappa shape index (κ1) is 17.0. The van der Waals surface area contributed by atoms with Gasteiger partial charge in [-0.2, -0.15) is 0 Å². The molecule has 0 radical (unpaired) electrons. The Bertz CT molecular complexity index is 969. The molecule has 3 aromatic rings. The van der Waals surface area contributed by atoms with Crippen LogP contribution in [0.1, 0.15) is 41.3 Å². The number of rotatable bonds is 5. The van der Waals surface area contributed by atoms with Gasteiger partial charge in [-0.1, -0.05) is 43.7 Å². The summed E-state index contributed by atoms with van der Waals surface area (Å²) in [4.78, 5) is 25.0. The van der Waals surface area contributed by atoms with Gasteiger partial charge in [0.2, 0.25) is 0 Å². The first-order valence-corrected chi connectivity index (χ1v) is 8.44. The van der Waals surface area contributed by atoms with Gasteiger partial charge in [0, 0.05) is 0 Å². The molecule has 0 unspecified atom stereocenters. The second-order valence-electron chi connectivity index (χ2n) is 6.00. The maximum absolute atomic E-state index is 12.7. The van der Waals surface area contributed by atoms with Crippen molar-refractivity contribution in [2.75, 3.05) is 0 Å². The van der Waals surface area contributed by atoms with Crippen LogP contribution in [0.5, 0.6) is 5.75 Å². The summed E-state index contributed by atoms with van der Waals surface area (Å²) >= 11 is 0. The van der Waals surface area contributed by atoms with E-state index in [1.807, 2.05) is 32.0 Å². The molecular weight excluding hydrogens is 316 g/mol. The maximum Gasteiger partial charge on any atom is 0.343 e. The molecule has 0 saturated heterocycles. The van der Waals surface area contributed by atoms with Crippen LogP contribution in [0.25, 0.3) is 11.0 Å². The third kappa shape index (κ3) is 3.48. The van der Waals surface area contributed by atoms with Gasteiger partial charge >= 0.3 is 11.6 Å². The molecule has 4 heteroatoms. The SMILES string of the molecule is CCCCc1c(OC(=O)c2ccccc2C)c2ccccc2oc1=O. The maximum atomic E-state index is 12.7. The number of carbonyl (C=O) groups is 1. The summed E-state index contributed by atoms with van der Waals surface area (Å²) in [5.74, 6) is -0.153. The van der Waals surface area contributed by atoms with E-state index in [4.69, 9.17) is 9.15 Å². The van der Waals surface area contributed by atoms with Crippen LogP contribution in [0.4, 0.5) is 0 Å². The van der Waals surface area contributed by atoms with Gasteiger partial charge in [-0.05, 0) is 43.5 Å². The third-order valence-electron chi connectivity index (χ3n) is 4.19. The van der Waals surface area contributed by atoms with Crippen LogP contribution in [0, 0.1) is 6.92 Å². The van der Waals surface area contributed by atoms with Gasteiger partial charge in [0.15, 0.2) is 5.75 Å².